The highest BCUT2D eigenvalue weighted by Gasteiger charge is 2.23. The summed E-state index contributed by atoms with van der Waals surface area (Å²) in [5, 5.41) is 11.6. The van der Waals surface area contributed by atoms with E-state index in [9.17, 15) is 9.59 Å². The third kappa shape index (κ3) is 2.20. The number of carbonyl (C=O) groups is 2. The maximum absolute atomic E-state index is 11.8. The minimum Gasteiger partial charge on any atom is -0.465 e. The van der Waals surface area contributed by atoms with Crippen molar-refractivity contribution in [2.75, 3.05) is 5.32 Å². The maximum atomic E-state index is 11.8. The van der Waals surface area contributed by atoms with E-state index in [0.717, 1.165) is 11.1 Å². The predicted molar refractivity (Wildman–Crippen MR) is 68.2 cm³/mol. The van der Waals surface area contributed by atoms with Crippen molar-refractivity contribution >= 4 is 17.7 Å². The number of hydrogen-bond donors (Lipinski definition) is 2. The molecule has 0 aliphatic carbocycles. The molecule has 1 aliphatic rings. The normalized spacial score (nSPS) is 13.1. The Hall–Kier alpha value is -2.83. The molecule has 0 bridgehead atoms. The zero-order valence-electron chi connectivity index (χ0n) is 10.4. The van der Waals surface area contributed by atoms with E-state index in [-0.39, 0.29) is 5.89 Å². The van der Waals surface area contributed by atoms with E-state index < -0.39 is 12.0 Å². The summed E-state index contributed by atoms with van der Waals surface area (Å²) in [5.74, 6) is -0.458. The molecule has 20 heavy (non-hydrogen) atoms. The van der Waals surface area contributed by atoms with Gasteiger partial charge in [-0.15, -0.1) is 0 Å². The second-order valence-corrected chi connectivity index (χ2v) is 4.41. The van der Waals surface area contributed by atoms with Crippen LogP contribution in [0.2, 0.25) is 0 Å². The van der Waals surface area contributed by atoms with E-state index in [2.05, 4.69) is 10.3 Å². The summed E-state index contributed by atoms with van der Waals surface area (Å²) in [7, 11) is 0. The van der Waals surface area contributed by atoms with Crippen LogP contribution >= 0.6 is 0 Å². The molecule has 1 aromatic carbocycles. The summed E-state index contributed by atoms with van der Waals surface area (Å²) < 4.78 is 4.90. The van der Waals surface area contributed by atoms with Gasteiger partial charge >= 0.3 is 12.0 Å². The highest BCUT2D eigenvalue weighted by Crippen LogP contribution is 2.25. The first kappa shape index (κ1) is 12.2. The van der Waals surface area contributed by atoms with Crippen molar-refractivity contribution in [3.63, 3.8) is 0 Å². The van der Waals surface area contributed by atoms with Gasteiger partial charge in [-0.05, 0) is 23.3 Å². The molecule has 0 saturated carbocycles. The van der Waals surface area contributed by atoms with E-state index in [4.69, 9.17) is 9.52 Å². The SMILES string of the molecule is O=C(Nc1ccc2c(c1)CN(C(=O)O)C2)c1ncco1. The first-order valence-corrected chi connectivity index (χ1v) is 5.94. The monoisotopic (exact) mass is 273 g/mol. The van der Waals surface area contributed by atoms with Gasteiger partial charge in [0.1, 0.15) is 6.26 Å². The number of anilines is 1. The van der Waals surface area contributed by atoms with Crippen molar-refractivity contribution in [3.8, 4) is 0 Å². The summed E-state index contributed by atoms with van der Waals surface area (Å²) in [6, 6.07) is 5.30. The zero-order valence-corrected chi connectivity index (χ0v) is 10.4. The Morgan fingerprint density at radius 1 is 1.30 bits per heavy atom. The molecule has 3 rings (SSSR count). The Bertz CT molecular complexity index is 666. The Labute approximate surface area is 113 Å². The Kier molecular flexibility index (Phi) is 2.86. The molecule has 0 saturated heterocycles. The summed E-state index contributed by atoms with van der Waals surface area (Å²) in [4.78, 5) is 27.8. The summed E-state index contributed by atoms with van der Waals surface area (Å²) in [6.07, 6.45) is 1.76. The Morgan fingerprint density at radius 2 is 2.10 bits per heavy atom. The number of carboxylic acid groups (broad SMARTS) is 1. The lowest BCUT2D eigenvalue weighted by Gasteiger charge is -2.08. The van der Waals surface area contributed by atoms with Crippen LogP contribution in [0, 0.1) is 0 Å². The maximum Gasteiger partial charge on any atom is 0.407 e. The van der Waals surface area contributed by atoms with Gasteiger partial charge in [0.05, 0.1) is 6.20 Å². The Morgan fingerprint density at radius 3 is 2.80 bits per heavy atom. The minimum atomic E-state index is -0.952. The molecule has 0 spiro atoms. The predicted octanol–water partition coefficient (Wildman–Crippen LogP) is 1.92. The number of hydrogen-bond acceptors (Lipinski definition) is 4. The molecule has 7 nitrogen and oxygen atoms in total. The third-order valence-corrected chi connectivity index (χ3v) is 3.08. The molecule has 0 unspecified atom stereocenters. The quantitative estimate of drug-likeness (QED) is 0.871. The van der Waals surface area contributed by atoms with E-state index >= 15 is 0 Å². The Balaban J connectivity index is 1.76. The topological polar surface area (TPSA) is 95.7 Å². The van der Waals surface area contributed by atoms with Crippen LogP contribution in [0.3, 0.4) is 0 Å². The summed E-state index contributed by atoms with van der Waals surface area (Å²) >= 11 is 0. The fourth-order valence-corrected chi connectivity index (χ4v) is 2.13. The third-order valence-electron chi connectivity index (χ3n) is 3.08. The second-order valence-electron chi connectivity index (χ2n) is 4.41. The highest BCUT2D eigenvalue weighted by molar-refractivity contribution is 6.00. The number of nitrogens with zero attached hydrogens (tertiary/aromatic N) is 2. The van der Waals surface area contributed by atoms with Crippen LogP contribution in [0.1, 0.15) is 21.8 Å². The molecule has 0 fully saturated rings. The molecule has 7 heteroatoms. The van der Waals surface area contributed by atoms with Gasteiger partial charge in [-0.2, -0.15) is 0 Å². The van der Waals surface area contributed by atoms with Crippen molar-refractivity contribution < 1.29 is 19.1 Å². The average molecular weight is 273 g/mol. The number of oxazole rings is 1. The van der Waals surface area contributed by atoms with Crippen molar-refractivity contribution in [1.29, 1.82) is 0 Å². The van der Waals surface area contributed by atoms with Crippen LogP contribution in [0.25, 0.3) is 0 Å². The molecular weight excluding hydrogens is 262 g/mol. The standard InChI is InChI=1S/C13H11N3O4/c17-11(12-14-3-4-20-12)15-10-2-1-8-6-16(13(18)19)7-9(8)5-10/h1-5H,6-7H2,(H,15,17)(H,18,19). The molecule has 1 aliphatic heterocycles. The molecule has 0 atom stereocenters. The largest absolute Gasteiger partial charge is 0.465 e. The van der Waals surface area contributed by atoms with Gasteiger partial charge in [0.25, 0.3) is 5.89 Å². The van der Waals surface area contributed by atoms with Crippen LogP contribution in [0.5, 0.6) is 0 Å². The van der Waals surface area contributed by atoms with Crippen LogP contribution in [-0.2, 0) is 13.1 Å². The molecule has 2 aromatic rings. The molecular formula is C13H11N3O4. The number of fused-ring (bicyclic) bond motifs is 1. The molecule has 2 amide bonds. The van der Waals surface area contributed by atoms with Crippen molar-refractivity contribution in [3.05, 3.63) is 47.7 Å². The van der Waals surface area contributed by atoms with Gasteiger partial charge < -0.3 is 14.8 Å². The number of benzene rings is 1. The van der Waals surface area contributed by atoms with Gasteiger partial charge in [0.2, 0.25) is 0 Å². The van der Waals surface area contributed by atoms with E-state index in [0.29, 0.717) is 18.8 Å². The second kappa shape index (κ2) is 4.69. The van der Waals surface area contributed by atoms with Crippen LogP contribution in [0.4, 0.5) is 10.5 Å². The van der Waals surface area contributed by atoms with Gasteiger partial charge in [0, 0.05) is 18.8 Å². The van der Waals surface area contributed by atoms with Gasteiger partial charge in [-0.25, -0.2) is 9.78 Å². The lowest BCUT2D eigenvalue weighted by molar-refractivity contribution is 0.0990. The number of rotatable bonds is 2. The summed E-state index contributed by atoms with van der Waals surface area (Å²) in [6.45, 7) is 0.700. The van der Waals surface area contributed by atoms with Crippen LogP contribution < -0.4 is 5.32 Å². The van der Waals surface area contributed by atoms with E-state index in [1.165, 1.54) is 17.4 Å². The number of aromatic nitrogens is 1. The van der Waals surface area contributed by atoms with Crippen molar-refractivity contribution in [1.82, 2.24) is 9.88 Å². The lowest BCUT2D eigenvalue weighted by atomic mass is 10.1. The smallest absolute Gasteiger partial charge is 0.407 e. The molecule has 2 heterocycles. The fourth-order valence-electron chi connectivity index (χ4n) is 2.13. The zero-order chi connectivity index (χ0) is 14.1. The first-order valence-electron chi connectivity index (χ1n) is 5.94. The number of carbonyl (C=O) groups excluding carboxylic acids is 1. The van der Waals surface area contributed by atoms with Gasteiger partial charge in [0.15, 0.2) is 0 Å². The van der Waals surface area contributed by atoms with Crippen LogP contribution in [0.15, 0.2) is 35.1 Å². The van der Waals surface area contributed by atoms with E-state index in [1.54, 1.807) is 12.1 Å². The van der Waals surface area contributed by atoms with Crippen molar-refractivity contribution in [2.24, 2.45) is 0 Å². The van der Waals surface area contributed by atoms with Crippen molar-refractivity contribution in [2.45, 2.75) is 13.1 Å². The first-order chi connectivity index (χ1) is 9.63. The van der Waals surface area contributed by atoms with Gasteiger partial charge in [-0.1, -0.05) is 6.07 Å². The molecule has 0 radical (unpaired) electrons. The van der Waals surface area contributed by atoms with Crippen LogP contribution in [-0.4, -0.2) is 27.0 Å². The summed E-state index contributed by atoms with van der Waals surface area (Å²) in [5.41, 5.74) is 2.42. The van der Waals surface area contributed by atoms with Gasteiger partial charge in [-0.3, -0.25) is 9.69 Å². The van der Waals surface area contributed by atoms with E-state index in [1.807, 2.05) is 6.07 Å². The number of nitrogens with one attached hydrogen (secondary N) is 1. The molecule has 102 valence electrons. The molecule has 2 N–H and O–H groups in total. The molecule has 1 aromatic heterocycles. The minimum absolute atomic E-state index is 0.0161. The number of amides is 2. The average Bonchev–Trinajstić information content (AvgIpc) is 3.07. The fraction of sp³-hybridized carbons (Fsp3) is 0.154. The highest BCUT2D eigenvalue weighted by atomic mass is 16.4. The lowest BCUT2D eigenvalue weighted by Crippen LogP contribution is -2.22.